The fourth-order valence-corrected chi connectivity index (χ4v) is 0.856. The molecule has 5 nitrogen and oxygen atoms in total. The van der Waals surface area contributed by atoms with E-state index in [-0.39, 0.29) is 12.1 Å². The van der Waals surface area contributed by atoms with E-state index in [0.29, 0.717) is 5.92 Å². The summed E-state index contributed by atoms with van der Waals surface area (Å²) in [6, 6.07) is -0.354. The van der Waals surface area contributed by atoms with Crippen molar-refractivity contribution >= 4 is 12.0 Å². The van der Waals surface area contributed by atoms with Gasteiger partial charge in [-0.2, -0.15) is 0 Å². The van der Waals surface area contributed by atoms with Crippen LogP contribution in [-0.2, 0) is 4.79 Å². The molecule has 94 valence electrons. The largest absolute Gasteiger partial charge is 0.480 e. The van der Waals surface area contributed by atoms with Crippen molar-refractivity contribution in [1.29, 1.82) is 0 Å². The van der Waals surface area contributed by atoms with Crippen molar-refractivity contribution in [2.75, 3.05) is 7.05 Å². The van der Waals surface area contributed by atoms with Crippen LogP contribution in [0.2, 0.25) is 0 Å². The summed E-state index contributed by atoms with van der Waals surface area (Å²) in [7, 11) is 1.48. The fraction of sp³-hybridized carbons (Fsp3) is 0.818. The molecule has 16 heavy (non-hydrogen) atoms. The van der Waals surface area contributed by atoms with Gasteiger partial charge in [-0.05, 0) is 26.7 Å². The molecule has 2 N–H and O–H groups in total. The quantitative estimate of drug-likeness (QED) is 0.769. The summed E-state index contributed by atoms with van der Waals surface area (Å²) in [5.41, 5.74) is -1.21. The van der Waals surface area contributed by atoms with Gasteiger partial charge in [0, 0.05) is 13.1 Å². The normalized spacial score (nSPS) is 13.4. The molecular formula is C11H22N2O3. The van der Waals surface area contributed by atoms with Gasteiger partial charge < -0.3 is 15.3 Å². The minimum Gasteiger partial charge on any atom is -0.480 e. The van der Waals surface area contributed by atoms with Crippen LogP contribution in [0.1, 0.15) is 34.6 Å². The van der Waals surface area contributed by atoms with Gasteiger partial charge in [0.25, 0.3) is 0 Å². The van der Waals surface area contributed by atoms with Gasteiger partial charge in [0.1, 0.15) is 5.54 Å². The highest BCUT2D eigenvalue weighted by Gasteiger charge is 2.35. The number of likely N-dealkylation sites (N-methyl/N-ethyl adjacent to an activating group) is 1. The Morgan fingerprint density at radius 3 is 2.00 bits per heavy atom. The summed E-state index contributed by atoms with van der Waals surface area (Å²) >= 11 is 0. The van der Waals surface area contributed by atoms with E-state index >= 15 is 0 Å². The molecule has 0 saturated carbocycles. The van der Waals surface area contributed by atoms with Gasteiger partial charge in [-0.1, -0.05) is 13.8 Å². The lowest BCUT2D eigenvalue weighted by molar-refractivity contribution is -0.146. The molecular weight excluding hydrogens is 208 g/mol. The van der Waals surface area contributed by atoms with Gasteiger partial charge in [0.2, 0.25) is 0 Å². The Morgan fingerprint density at radius 2 is 1.69 bits per heavy atom. The number of carboxylic acid groups (broad SMARTS) is 1. The zero-order valence-corrected chi connectivity index (χ0v) is 10.9. The molecule has 0 aromatic heterocycles. The molecule has 0 bridgehead atoms. The maximum atomic E-state index is 11.8. The zero-order valence-electron chi connectivity index (χ0n) is 10.9. The Balaban J connectivity index is 4.57. The molecule has 0 aliphatic heterocycles. The highest BCUT2D eigenvalue weighted by Crippen LogP contribution is 2.13. The van der Waals surface area contributed by atoms with Crippen molar-refractivity contribution in [1.82, 2.24) is 10.2 Å². The van der Waals surface area contributed by atoms with Crippen LogP contribution in [0.3, 0.4) is 0 Å². The molecule has 0 aromatic rings. The van der Waals surface area contributed by atoms with Gasteiger partial charge in [-0.3, -0.25) is 0 Å². The first-order chi connectivity index (χ1) is 7.10. The van der Waals surface area contributed by atoms with Crippen molar-refractivity contribution < 1.29 is 14.7 Å². The van der Waals surface area contributed by atoms with E-state index in [0.717, 1.165) is 0 Å². The topological polar surface area (TPSA) is 69.6 Å². The Bertz CT molecular complexity index is 274. The van der Waals surface area contributed by atoms with Crippen LogP contribution in [0.4, 0.5) is 4.79 Å². The predicted molar refractivity (Wildman–Crippen MR) is 62.3 cm³/mol. The SMILES string of the molecule is CC(C)C(C)NC(=O)N(C)C(C)(C)C(=O)O. The number of rotatable bonds is 4. The van der Waals surface area contributed by atoms with E-state index in [9.17, 15) is 9.59 Å². The molecule has 5 heteroatoms. The van der Waals surface area contributed by atoms with Gasteiger partial charge >= 0.3 is 12.0 Å². The van der Waals surface area contributed by atoms with Crippen LogP contribution < -0.4 is 5.32 Å². The van der Waals surface area contributed by atoms with Crippen molar-refractivity contribution in [3.05, 3.63) is 0 Å². The van der Waals surface area contributed by atoms with Crippen LogP contribution >= 0.6 is 0 Å². The summed E-state index contributed by atoms with van der Waals surface area (Å²) in [5.74, 6) is -0.715. The molecule has 0 aromatic carbocycles. The number of aliphatic carboxylic acids is 1. The first-order valence-electron chi connectivity index (χ1n) is 5.38. The second-order valence-electron chi connectivity index (χ2n) is 4.91. The molecule has 2 amide bonds. The number of hydrogen-bond acceptors (Lipinski definition) is 2. The van der Waals surface area contributed by atoms with E-state index in [4.69, 9.17) is 5.11 Å². The summed E-state index contributed by atoms with van der Waals surface area (Å²) in [6.07, 6.45) is 0. The third-order valence-electron chi connectivity index (χ3n) is 3.02. The number of hydrogen-bond donors (Lipinski definition) is 2. The van der Waals surface area contributed by atoms with Crippen LogP contribution in [-0.4, -0.2) is 40.6 Å². The smallest absolute Gasteiger partial charge is 0.329 e. The third kappa shape index (κ3) is 3.40. The van der Waals surface area contributed by atoms with E-state index in [1.807, 2.05) is 20.8 Å². The average Bonchev–Trinajstić information content (AvgIpc) is 2.15. The lowest BCUT2D eigenvalue weighted by atomic mass is 10.0. The van der Waals surface area contributed by atoms with Crippen LogP contribution in [0.25, 0.3) is 0 Å². The lowest BCUT2D eigenvalue weighted by Gasteiger charge is -2.33. The molecule has 0 radical (unpaired) electrons. The van der Waals surface area contributed by atoms with Crippen molar-refractivity contribution in [3.8, 4) is 0 Å². The van der Waals surface area contributed by atoms with Gasteiger partial charge in [0.15, 0.2) is 0 Å². The van der Waals surface area contributed by atoms with Crippen LogP contribution in [0, 0.1) is 5.92 Å². The summed E-state index contributed by atoms with van der Waals surface area (Å²) < 4.78 is 0. The molecule has 0 aliphatic rings. The minimum atomic E-state index is -1.21. The molecule has 0 saturated heterocycles. The summed E-state index contributed by atoms with van der Waals surface area (Å²) in [6.45, 7) is 8.87. The maximum absolute atomic E-state index is 11.8. The summed E-state index contributed by atoms with van der Waals surface area (Å²) in [4.78, 5) is 23.9. The van der Waals surface area contributed by atoms with Gasteiger partial charge in [0.05, 0.1) is 0 Å². The number of nitrogens with one attached hydrogen (secondary N) is 1. The van der Waals surface area contributed by atoms with Gasteiger partial charge in [-0.15, -0.1) is 0 Å². The number of carbonyl (C=O) groups excluding carboxylic acids is 1. The first-order valence-corrected chi connectivity index (χ1v) is 5.38. The van der Waals surface area contributed by atoms with E-state index in [1.165, 1.54) is 25.8 Å². The molecule has 0 rings (SSSR count). The highest BCUT2D eigenvalue weighted by atomic mass is 16.4. The molecule has 0 aliphatic carbocycles. The van der Waals surface area contributed by atoms with Gasteiger partial charge in [-0.25, -0.2) is 9.59 Å². The van der Waals surface area contributed by atoms with Crippen LogP contribution in [0.15, 0.2) is 0 Å². The molecule has 0 spiro atoms. The number of nitrogens with zero attached hydrogens (tertiary/aromatic N) is 1. The third-order valence-corrected chi connectivity index (χ3v) is 3.02. The molecule has 0 fully saturated rings. The number of urea groups is 1. The fourth-order valence-electron chi connectivity index (χ4n) is 0.856. The minimum absolute atomic E-state index is 0.0135. The second-order valence-corrected chi connectivity index (χ2v) is 4.91. The van der Waals surface area contributed by atoms with Crippen LogP contribution in [0.5, 0.6) is 0 Å². The zero-order chi connectivity index (χ0) is 13.1. The average molecular weight is 230 g/mol. The van der Waals surface area contributed by atoms with E-state index < -0.39 is 11.5 Å². The van der Waals surface area contributed by atoms with E-state index in [2.05, 4.69) is 5.32 Å². The first kappa shape index (κ1) is 14.7. The standard InChI is InChI=1S/C11H22N2O3/c1-7(2)8(3)12-10(16)13(6)11(4,5)9(14)15/h7-8H,1-6H3,(H,12,16)(H,14,15). The predicted octanol–water partition coefficient (Wildman–Crippen LogP) is 1.54. The monoisotopic (exact) mass is 230 g/mol. The highest BCUT2D eigenvalue weighted by molar-refractivity contribution is 5.85. The Labute approximate surface area is 96.8 Å². The van der Waals surface area contributed by atoms with Crippen molar-refractivity contribution in [3.63, 3.8) is 0 Å². The van der Waals surface area contributed by atoms with E-state index in [1.54, 1.807) is 0 Å². The molecule has 1 unspecified atom stereocenters. The Kier molecular flexibility index (Phi) is 4.78. The second kappa shape index (κ2) is 5.18. The number of carbonyl (C=O) groups is 2. The number of amides is 2. The maximum Gasteiger partial charge on any atom is 0.329 e. The Morgan fingerprint density at radius 1 is 1.25 bits per heavy atom. The number of carboxylic acids is 1. The summed E-state index contributed by atoms with van der Waals surface area (Å²) in [5, 5.41) is 11.7. The lowest BCUT2D eigenvalue weighted by Crippen LogP contribution is -2.55. The Hall–Kier alpha value is -1.26. The van der Waals surface area contributed by atoms with Crippen molar-refractivity contribution in [2.45, 2.75) is 46.2 Å². The van der Waals surface area contributed by atoms with Crippen molar-refractivity contribution in [2.24, 2.45) is 5.92 Å². The molecule has 1 atom stereocenters. The molecule has 0 heterocycles.